The Morgan fingerprint density at radius 1 is 0.833 bits per heavy atom. The van der Waals surface area contributed by atoms with Crippen molar-refractivity contribution in [2.24, 2.45) is 0 Å². The quantitative estimate of drug-likeness (QED) is 0.418. The first-order chi connectivity index (χ1) is 14.7. The predicted octanol–water partition coefficient (Wildman–Crippen LogP) is 4.47. The summed E-state index contributed by atoms with van der Waals surface area (Å²) in [6.45, 7) is 0. The molecular weight excluding hydrogens is 376 g/mol. The van der Waals surface area contributed by atoms with E-state index in [0.717, 1.165) is 22.1 Å². The molecule has 0 aliphatic rings. The number of nitrogens with zero attached hydrogens (tertiary/aromatic N) is 3. The summed E-state index contributed by atoms with van der Waals surface area (Å²) in [5.74, 6) is 0.175. The zero-order chi connectivity index (χ0) is 20.5. The molecule has 0 radical (unpaired) electrons. The van der Waals surface area contributed by atoms with Crippen LogP contribution in [-0.2, 0) is 0 Å². The number of H-pyrrole nitrogens is 1. The van der Waals surface area contributed by atoms with Crippen molar-refractivity contribution in [1.82, 2.24) is 20.2 Å². The van der Waals surface area contributed by atoms with E-state index >= 15 is 0 Å². The van der Waals surface area contributed by atoms with Gasteiger partial charge in [0.05, 0.1) is 11.4 Å². The van der Waals surface area contributed by atoms with E-state index in [1.165, 1.54) is 0 Å². The zero-order valence-corrected chi connectivity index (χ0v) is 15.9. The molecule has 6 heteroatoms. The van der Waals surface area contributed by atoms with Crippen LogP contribution in [0.5, 0.6) is 5.75 Å². The zero-order valence-electron chi connectivity index (χ0n) is 15.9. The molecule has 1 atom stereocenters. The van der Waals surface area contributed by atoms with Crippen LogP contribution in [-0.4, -0.2) is 30.4 Å². The van der Waals surface area contributed by atoms with Crippen molar-refractivity contribution in [3.8, 4) is 28.1 Å². The molecule has 0 amide bonds. The van der Waals surface area contributed by atoms with Gasteiger partial charge in [0, 0.05) is 28.9 Å². The molecule has 0 aliphatic carbocycles. The van der Waals surface area contributed by atoms with Crippen LogP contribution in [0.1, 0.15) is 17.4 Å². The average Bonchev–Trinajstić information content (AvgIpc) is 3.22. The summed E-state index contributed by atoms with van der Waals surface area (Å²) in [6, 6.07) is 22.3. The number of benzene rings is 2. The summed E-state index contributed by atoms with van der Waals surface area (Å²) in [5, 5.41) is 29.0. The Labute approximate surface area is 172 Å². The molecule has 0 bridgehead atoms. The Bertz CT molecular complexity index is 1330. The number of phenols is 1. The van der Waals surface area contributed by atoms with Gasteiger partial charge in [-0.15, -0.1) is 0 Å². The lowest BCUT2D eigenvalue weighted by molar-refractivity contribution is 0.215. The lowest BCUT2D eigenvalue weighted by atomic mass is 9.99. The second kappa shape index (κ2) is 7.42. The van der Waals surface area contributed by atoms with E-state index in [1.54, 1.807) is 30.6 Å². The van der Waals surface area contributed by atoms with Gasteiger partial charge in [-0.3, -0.25) is 10.1 Å². The van der Waals surface area contributed by atoms with Gasteiger partial charge in [0.2, 0.25) is 0 Å². The fourth-order valence-electron chi connectivity index (χ4n) is 3.54. The van der Waals surface area contributed by atoms with Crippen LogP contribution in [0.4, 0.5) is 0 Å². The van der Waals surface area contributed by atoms with Gasteiger partial charge in [-0.2, -0.15) is 5.10 Å². The number of aromatic hydroxyl groups is 1. The number of nitrogens with one attached hydrogen (secondary N) is 1. The number of fused-ring (bicyclic) bond motifs is 1. The van der Waals surface area contributed by atoms with E-state index in [9.17, 15) is 10.2 Å². The number of aliphatic hydroxyl groups is 1. The highest BCUT2D eigenvalue weighted by molar-refractivity contribution is 5.94. The number of rotatable bonds is 4. The number of aliphatic hydroxyl groups excluding tert-OH is 1. The smallest absolute Gasteiger partial charge is 0.181 e. The molecular formula is C24H18N4O2. The maximum atomic E-state index is 10.7. The molecule has 0 fully saturated rings. The van der Waals surface area contributed by atoms with Crippen LogP contribution in [0.2, 0.25) is 0 Å². The Morgan fingerprint density at radius 3 is 2.53 bits per heavy atom. The van der Waals surface area contributed by atoms with Crippen molar-refractivity contribution in [2.45, 2.75) is 6.10 Å². The van der Waals surface area contributed by atoms with E-state index in [4.69, 9.17) is 0 Å². The number of aromatic nitrogens is 4. The molecule has 2 aromatic carbocycles. The fourth-order valence-corrected chi connectivity index (χ4v) is 3.54. The number of pyridine rings is 2. The van der Waals surface area contributed by atoms with Crippen LogP contribution in [0, 0.1) is 0 Å². The summed E-state index contributed by atoms with van der Waals surface area (Å²) < 4.78 is 0. The van der Waals surface area contributed by atoms with Crippen molar-refractivity contribution < 1.29 is 10.2 Å². The minimum Gasteiger partial charge on any atom is -0.507 e. The van der Waals surface area contributed by atoms with Gasteiger partial charge in [-0.05, 0) is 47.5 Å². The summed E-state index contributed by atoms with van der Waals surface area (Å²) in [6.07, 6.45) is 2.61. The van der Waals surface area contributed by atoms with Crippen molar-refractivity contribution in [3.63, 3.8) is 0 Å². The minimum absolute atomic E-state index is 0.175. The number of phenolic OH excluding ortho intramolecular Hbond substituents is 1. The predicted molar refractivity (Wildman–Crippen MR) is 115 cm³/mol. The van der Waals surface area contributed by atoms with Gasteiger partial charge in [0.15, 0.2) is 5.65 Å². The lowest BCUT2D eigenvalue weighted by Crippen LogP contribution is -2.01. The lowest BCUT2D eigenvalue weighted by Gasteiger charge is -2.12. The van der Waals surface area contributed by atoms with Crippen LogP contribution in [0.25, 0.3) is 33.4 Å². The Kier molecular flexibility index (Phi) is 4.46. The first kappa shape index (κ1) is 18.0. The van der Waals surface area contributed by atoms with Gasteiger partial charge in [-0.25, -0.2) is 4.98 Å². The van der Waals surface area contributed by atoms with Crippen LogP contribution in [0.15, 0.2) is 85.2 Å². The van der Waals surface area contributed by atoms with Crippen molar-refractivity contribution in [1.29, 1.82) is 0 Å². The van der Waals surface area contributed by atoms with Crippen LogP contribution in [0.3, 0.4) is 0 Å². The molecule has 0 spiro atoms. The first-order valence-corrected chi connectivity index (χ1v) is 9.52. The minimum atomic E-state index is -0.811. The third-order valence-corrected chi connectivity index (χ3v) is 5.09. The average molecular weight is 394 g/mol. The van der Waals surface area contributed by atoms with E-state index in [0.29, 0.717) is 22.6 Å². The fraction of sp³-hybridized carbons (Fsp3) is 0.0417. The number of aromatic amines is 1. The third-order valence-electron chi connectivity index (χ3n) is 5.09. The maximum absolute atomic E-state index is 10.7. The van der Waals surface area contributed by atoms with Gasteiger partial charge in [0.1, 0.15) is 11.9 Å². The highest BCUT2D eigenvalue weighted by Gasteiger charge is 2.15. The molecule has 3 aromatic heterocycles. The number of hydrogen-bond acceptors (Lipinski definition) is 5. The van der Waals surface area contributed by atoms with E-state index in [2.05, 4.69) is 20.2 Å². The van der Waals surface area contributed by atoms with Crippen molar-refractivity contribution in [2.75, 3.05) is 0 Å². The second-order valence-corrected chi connectivity index (χ2v) is 6.99. The number of para-hydroxylation sites is 1. The molecule has 146 valence electrons. The van der Waals surface area contributed by atoms with Gasteiger partial charge >= 0.3 is 0 Å². The molecule has 5 aromatic rings. The highest BCUT2D eigenvalue weighted by atomic mass is 16.3. The highest BCUT2D eigenvalue weighted by Crippen LogP contribution is 2.34. The summed E-state index contributed by atoms with van der Waals surface area (Å²) in [5.41, 5.74) is 5.10. The van der Waals surface area contributed by atoms with Gasteiger partial charge in [0.25, 0.3) is 0 Å². The first-order valence-electron chi connectivity index (χ1n) is 9.52. The third kappa shape index (κ3) is 3.19. The molecule has 0 saturated heterocycles. The molecule has 1 unspecified atom stereocenters. The Morgan fingerprint density at radius 2 is 1.70 bits per heavy atom. The number of hydrogen-bond donors (Lipinski definition) is 3. The maximum Gasteiger partial charge on any atom is 0.181 e. The van der Waals surface area contributed by atoms with Gasteiger partial charge in [-0.1, -0.05) is 36.4 Å². The standard InChI is InChI=1S/C24H18N4O2/c29-21-10-2-1-8-18(21)22-19-13-17(14-26-24(19)28-27-22)15-6-5-7-16(12-15)23(30)20-9-3-4-11-25-20/h1-14,23,29-30H,(H,26,27,28). The topological polar surface area (TPSA) is 94.9 Å². The molecule has 0 aliphatic heterocycles. The van der Waals surface area contributed by atoms with Crippen LogP contribution < -0.4 is 0 Å². The summed E-state index contributed by atoms with van der Waals surface area (Å²) in [7, 11) is 0. The van der Waals surface area contributed by atoms with E-state index in [-0.39, 0.29) is 5.75 Å². The Hall–Kier alpha value is -4.03. The van der Waals surface area contributed by atoms with E-state index < -0.39 is 6.10 Å². The molecule has 3 N–H and O–H groups in total. The summed E-state index contributed by atoms with van der Waals surface area (Å²) in [4.78, 5) is 8.71. The van der Waals surface area contributed by atoms with Crippen molar-refractivity contribution >= 4 is 11.0 Å². The normalized spacial score (nSPS) is 12.2. The summed E-state index contributed by atoms with van der Waals surface area (Å²) >= 11 is 0. The monoisotopic (exact) mass is 394 g/mol. The molecule has 30 heavy (non-hydrogen) atoms. The Balaban J connectivity index is 1.57. The van der Waals surface area contributed by atoms with E-state index in [1.807, 2.05) is 54.6 Å². The van der Waals surface area contributed by atoms with Gasteiger partial charge < -0.3 is 10.2 Å². The molecule has 3 heterocycles. The van der Waals surface area contributed by atoms with Crippen LogP contribution >= 0.6 is 0 Å². The van der Waals surface area contributed by atoms with Crippen molar-refractivity contribution in [3.05, 3.63) is 96.4 Å². The largest absolute Gasteiger partial charge is 0.507 e. The molecule has 5 rings (SSSR count). The second-order valence-electron chi connectivity index (χ2n) is 6.99. The molecule has 6 nitrogen and oxygen atoms in total. The SMILES string of the molecule is Oc1ccccc1-c1[nH]nc2ncc(-c3cccc(C(O)c4ccccn4)c3)cc12. The molecule has 0 saturated carbocycles.